The summed E-state index contributed by atoms with van der Waals surface area (Å²) >= 11 is 0. The summed E-state index contributed by atoms with van der Waals surface area (Å²) in [4.78, 5) is 11.5. The molecule has 4 nitrogen and oxygen atoms in total. The standard InChI is InChI=1S/C12H15F3O4/c1-3-5-7-6-8(11(17)18-4-2)9(12(13,14)15)19-10(7)16/h3,7,10,16H,1,4-6H2,2H3. The highest BCUT2D eigenvalue weighted by Gasteiger charge is 2.46. The van der Waals surface area contributed by atoms with Crippen LogP contribution in [0.1, 0.15) is 19.8 Å². The molecule has 0 aromatic carbocycles. The molecule has 0 spiro atoms. The van der Waals surface area contributed by atoms with Crippen LogP contribution in [0.4, 0.5) is 13.2 Å². The first-order valence-electron chi connectivity index (χ1n) is 5.74. The first-order valence-corrected chi connectivity index (χ1v) is 5.74. The molecule has 0 bridgehead atoms. The number of esters is 1. The van der Waals surface area contributed by atoms with Gasteiger partial charge in [0.2, 0.25) is 12.0 Å². The van der Waals surface area contributed by atoms with Gasteiger partial charge in [-0.15, -0.1) is 6.58 Å². The Morgan fingerprint density at radius 2 is 2.26 bits per heavy atom. The molecule has 0 saturated carbocycles. The summed E-state index contributed by atoms with van der Waals surface area (Å²) in [6.45, 7) is 4.89. The SMILES string of the molecule is C=CCC1CC(C(=O)OCC)=C(C(F)(F)F)OC1O. The number of hydrogen-bond donors (Lipinski definition) is 1. The molecule has 0 aromatic rings. The second-order valence-electron chi connectivity index (χ2n) is 4.02. The smallest absolute Gasteiger partial charge is 0.449 e. The molecule has 7 heteroatoms. The van der Waals surface area contributed by atoms with Gasteiger partial charge in [-0.2, -0.15) is 13.2 Å². The van der Waals surface area contributed by atoms with Crippen molar-refractivity contribution < 1.29 is 32.5 Å². The summed E-state index contributed by atoms with van der Waals surface area (Å²) in [5.74, 6) is -3.20. The Kier molecular flexibility index (Phi) is 4.99. The van der Waals surface area contributed by atoms with Crippen molar-refractivity contribution in [3.63, 3.8) is 0 Å². The highest BCUT2D eigenvalue weighted by Crippen LogP contribution is 2.39. The second kappa shape index (κ2) is 6.10. The molecule has 1 rings (SSSR count). The minimum absolute atomic E-state index is 0.0395. The Morgan fingerprint density at radius 1 is 1.63 bits per heavy atom. The van der Waals surface area contributed by atoms with E-state index in [4.69, 9.17) is 0 Å². The molecular formula is C12H15F3O4. The van der Waals surface area contributed by atoms with Gasteiger partial charge < -0.3 is 14.6 Å². The molecule has 19 heavy (non-hydrogen) atoms. The van der Waals surface area contributed by atoms with Crippen LogP contribution in [-0.4, -0.2) is 30.1 Å². The number of carbonyl (C=O) groups is 1. The van der Waals surface area contributed by atoms with Crippen LogP contribution in [0.5, 0.6) is 0 Å². The molecule has 1 N–H and O–H groups in total. The quantitative estimate of drug-likeness (QED) is 0.634. The second-order valence-corrected chi connectivity index (χ2v) is 4.02. The zero-order chi connectivity index (χ0) is 14.6. The van der Waals surface area contributed by atoms with Gasteiger partial charge >= 0.3 is 12.1 Å². The number of halogens is 3. The van der Waals surface area contributed by atoms with Crippen LogP contribution in [0.25, 0.3) is 0 Å². The minimum atomic E-state index is -4.85. The summed E-state index contributed by atoms with van der Waals surface area (Å²) in [6.07, 6.45) is -5.05. The third kappa shape index (κ3) is 3.73. The molecule has 2 unspecified atom stereocenters. The van der Waals surface area contributed by atoms with E-state index in [-0.39, 0.29) is 19.4 Å². The fourth-order valence-corrected chi connectivity index (χ4v) is 1.79. The normalized spacial score (nSPS) is 23.8. The van der Waals surface area contributed by atoms with E-state index in [9.17, 15) is 23.1 Å². The monoisotopic (exact) mass is 280 g/mol. The van der Waals surface area contributed by atoms with E-state index in [1.807, 2.05) is 0 Å². The highest BCUT2D eigenvalue weighted by molar-refractivity contribution is 5.89. The van der Waals surface area contributed by atoms with Gasteiger partial charge in [-0.3, -0.25) is 0 Å². The van der Waals surface area contributed by atoms with Gasteiger partial charge in [0, 0.05) is 5.92 Å². The molecule has 0 amide bonds. The van der Waals surface area contributed by atoms with Crippen molar-refractivity contribution in [1.82, 2.24) is 0 Å². The lowest BCUT2D eigenvalue weighted by Gasteiger charge is -2.31. The van der Waals surface area contributed by atoms with E-state index < -0.39 is 35.7 Å². The lowest BCUT2D eigenvalue weighted by atomic mass is 9.92. The topological polar surface area (TPSA) is 55.8 Å². The number of rotatable bonds is 4. The van der Waals surface area contributed by atoms with E-state index >= 15 is 0 Å². The Bertz CT molecular complexity index is 387. The van der Waals surface area contributed by atoms with Crippen molar-refractivity contribution in [2.24, 2.45) is 5.92 Å². The van der Waals surface area contributed by atoms with Crippen molar-refractivity contribution in [3.8, 4) is 0 Å². The number of ether oxygens (including phenoxy) is 2. The summed E-state index contributed by atoms with van der Waals surface area (Å²) in [7, 11) is 0. The van der Waals surface area contributed by atoms with E-state index in [0.717, 1.165) is 0 Å². The summed E-state index contributed by atoms with van der Waals surface area (Å²) in [5, 5.41) is 9.51. The fraction of sp³-hybridized carbons (Fsp3) is 0.583. The Hall–Kier alpha value is -1.50. The van der Waals surface area contributed by atoms with Crippen molar-refractivity contribution in [2.45, 2.75) is 32.2 Å². The van der Waals surface area contributed by atoms with Crippen LogP contribution in [0, 0.1) is 5.92 Å². The Morgan fingerprint density at radius 3 is 2.74 bits per heavy atom. The van der Waals surface area contributed by atoms with Gasteiger partial charge in [0.05, 0.1) is 12.2 Å². The van der Waals surface area contributed by atoms with Gasteiger partial charge in [0.15, 0.2) is 0 Å². The molecule has 0 fully saturated rings. The van der Waals surface area contributed by atoms with Crippen molar-refractivity contribution in [3.05, 3.63) is 24.0 Å². The van der Waals surface area contributed by atoms with Gasteiger partial charge in [-0.05, 0) is 19.8 Å². The third-order valence-corrected chi connectivity index (χ3v) is 2.63. The van der Waals surface area contributed by atoms with Crippen LogP contribution in [0.15, 0.2) is 24.0 Å². The maximum atomic E-state index is 12.8. The molecule has 1 heterocycles. The number of alkyl halides is 3. The molecule has 0 aliphatic carbocycles. The number of hydrogen-bond acceptors (Lipinski definition) is 4. The molecule has 108 valence electrons. The van der Waals surface area contributed by atoms with Crippen molar-refractivity contribution >= 4 is 5.97 Å². The average molecular weight is 280 g/mol. The summed E-state index contributed by atoms with van der Waals surface area (Å²) < 4.78 is 47.3. The fourth-order valence-electron chi connectivity index (χ4n) is 1.79. The first kappa shape index (κ1) is 15.6. The van der Waals surface area contributed by atoms with E-state index in [2.05, 4.69) is 16.1 Å². The van der Waals surface area contributed by atoms with Crippen molar-refractivity contribution in [2.75, 3.05) is 6.61 Å². The molecule has 0 saturated heterocycles. The Balaban J connectivity index is 3.11. The van der Waals surface area contributed by atoms with Crippen LogP contribution < -0.4 is 0 Å². The van der Waals surface area contributed by atoms with Gasteiger partial charge in [-0.25, -0.2) is 4.79 Å². The van der Waals surface area contributed by atoms with Gasteiger partial charge in [0.1, 0.15) is 0 Å². The maximum absolute atomic E-state index is 12.8. The van der Waals surface area contributed by atoms with Crippen molar-refractivity contribution in [1.29, 1.82) is 0 Å². The Labute approximate surface area is 108 Å². The number of aliphatic hydroxyl groups excluding tert-OH is 1. The number of carbonyl (C=O) groups excluding carboxylic acids is 1. The molecule has 0 radical (unpaired) electrons. The van der Waals surface area contributed by atoms with E-state index in [1.165, 1.54) is 13.0 Å². The van der Waals surface area contributed by atoms with Crippen LogP contribution in [0.3, 0.4) is 0 Å². The number of aliphatic hydroxyl groups is 1. The molecule has 2 atom stereocenters. The predicted octanol–water partition coefficient (Wildman–Crippen LogP) is 2.30. The van der Waals surface area contributed by atoms with Crippen LogP contribution in [0.2, 0.25) is 0 Å². The molecular weight excluding hydrogens is 265 g/mol. The molecule has 1 aliphatic heterocycles. The van der Waals surface area contributed by atoms with Crippen LogP contribution in [-0.2, 0) is 14.3 Å². The zero-order valence-electron chi connectivity index (χ0n) is 10.4. The average Bonchev–Trinajstić information content (AvgIpc) is 2.30. The summed E-state index contributed by atoms with van der Waals surface area (Å²) in [6, 6.07) is 0. The zero-order valence-corrected chi connectivity index (χ0v) is 10.4. The van der Waals surface area contributed by atoms with E-state index in [1.54, 1.807) is 0 Å². The van der Waals surface area contributed by atoms with Gasteiger partial charge in [-0.1, -0.05) is 6.08 Å². The highest BCUT2D eigenvalue weighted by atomic mass is 19.4. The predicted molar refractivity (Wildman–Crippen MR) is 59.7 cm³/mol. The number of allylic oxidation sites excluding steroid dienone is 2. The van der Waals surface area contributed by atoms with Crippen LogP contribution >= 0.6 is 0 Å². The minimum Gasteiger partial charge on any atom is -0.463 e. The third-order valence-electron chi connectivity index (χ3n) is 2.63. The summed E-state index contributed by atoms with van der Waals surface area (Å²) in [5.41, 5.74) is -0.591. The first-order chi connectivity index (χ1) is 8.81. The lowest BCUT2D eigenvalue weighted by molar-refractivity contribution is -0.195. The lowest BCUT2D eigenvalue weighted by Crippen LogP contribution is -2.35. The van der Waals surface area contributed by atoms with E-state index in [0.29, 0.717) is 0 Å². The largest absolute Gasteiger partial charge is 0.463 e. The van der Waals surface area contributed by atoms with Gasteiger partial charge in [0.25, 0.3) is 0 Å². The molecule has 0 aromatic heterocycles. The maximum Gasteiger partial charge on any atom is 0.449 e. The molecule has 1 aliphatic rings.